The number of aryl methyl sites for hydroxylation is 2. The van der Waals surface area contributed by atoms with Crippen molar-refractivity contribution in [1.82, 2.24) is 4.57 Å². The lowest BCUT2D eigenvalue weighted by molar-refractivity contribution is 0.660. The summed E-state index contributed by atoms with van der Waals surface area (Å²) in [5, 5.41) is 5.06. The fourth-order valence-electron chi connectivity index (χ4n) is 9.73. The summed E-state index contributed by atoms with van der Waals surface area (Å²) < 4.78 is 2.51. The second-order valence-electron chi connectivity index (χ2n) is 16.7. The summed E-state index contributed by atoms with van der Waals surface area (Å²) in [7, 11) is 0. The first kappa shape index (κ1) is 35.0. The van der Waals surface area contributed by atoms with E-state index in [2.05, 4.69) is 231 Å². The Hall–Kier alpha value is -7.16. The fraction of sp³-hybridized carbons (Fsp3) is 0.0877. The molecule has 1 aromatic heterocycles. The highest BCUT2D eigenvalue weighted by Crippen LogP contribution is 2.55. The molecule has 2 nitrogen and oxygen atoms in total. The van der Waals surface area contributed by atoms with E-state index in [1.165, 1.54) is 99.6 Å². The molecule has 0 amide bonds. The lowest BCUT2D eigenvalue weighted by Gasteiger charge is -2.30. The van der Waals surface area contributed by atoms with Crippen molar-refractivity contribution in [2.45, 2.75) is 33.1 Å². The number of anilines is 3. The minimum absolute atomic E-state index is 0.271. The van der Waals surface area contributed by atoms with Crippen LogP contribution in [-0.4, -0.2) is 4.57 Å². The van der Waals surface area contributed by atoms with Gasteiger partial charge in [0.05, 0.1) is 16.7 Å². The zero-order valence-electron chi connectivity index (χ0n) is 33.9. The molecular weight excluding hydrogens is 713 g/mol. The molecule has 2 heteroatoms. The van der Waals surface area contributed by atoms with Crippen molar-refractivity contribution in [2.75, 3.05) is 4.90 Å². The summed E-state index contributed by atoms with van der Waals surface area (Å²) in [6, 6.07) is 71.8. The molecule has 11 rings (SSSR count). The van der Waals surface area contributed by atoms with Gasteiger partial charge in [-0.05, 0) is 113 Å². The summed E-state index contributed by atoms with van der Waals surface area (Å²) >= 11 is 0. The molecule has 9 aromatic carbocycles. The van der Waals surface area contributed by atoms with Crippen molar-refractivity contribution >= 4 is 49.6 Å². The Kier molecular flexibility index (Phi) is 8.00. The molecule has 1 aliphatic carbocycles. The average Bonchev–Trinajstić information content (AvgIpc) is 3.72. The van der Waals surface area contributed by atoms with Crippen molar-refractivity contribution < 1.29 is 0 Å². The van der Waals surface area contributed by atoms with Crippen molar-refractivity contribution in [2.24, 2.45) is 0 Å². The third kappa shape index (κ3) is 5.55. The summed E-state index contributed by atoms with van der Waals surface area (Å²) in [6.45, 7) is 9.17. The topological polar surface area (TPSA) is 8.17 Å². The number of hydrogen-bond donors (Lipinski definition) is 0. The Bertz CT molecular complexity index is 3220. The number of rotatable bonds is 6. The van der Waals surface area contributed by atoms with Gasteiger partial charge in [0, 0.05) is 44.2 Å². The molecule has 0 unspecified atom stereocenters. The van der Waals surface area contributed by atoms with Gasteiger partial charge < -0.3 is 9.47 Å². The van der Waals surface area contributed by atoms with Crippen LogP contribution in [0.1, 0.15) is 36.1 Å². The van der Waals surface area contributed by atoms with E-state index in [0.29, 0.717) is 0 Å². The zero-order chi connectivity index (χ0) is 39.8. The number of aromatic nitrogens is 1. The van der Waals surface area contributed by atoms with Gasteiger partial charge in [-0.15, -0.1) is 0 Å². The average molecular weight is 757 g/mol. The minimum atomic E-state index is -0.271. The van der Waals surface area contributed by atoms with Crippen LogP contribution in [-0.2, 0) is 5.41 Å². The van der Waals surface area contributed by atoms with Crippen LogP contribution in [0.3, 0.4) is 0 Å². The molecule has 0 fully saturated rings. The van der Waals surface area contributed by atoms with Crippen LogP contribution in [0.15, 0.2) is 194 Å². The molecule has 1 heterocycles. The first-order valence-electron chi connectivity index (χ1n) is 20.7. The normalized spacial score (nSPS) is 12.9. The minimum Gasteiger partial charge on any atom is -0.310 e. The molecule has 0 bridgehead atoms. The van der Waals surface area contributed by atoms with Gasteiger partial charge >= 0.3 is 0 Å². The predicted molar refractivity (Wildman–Crippen MR) is 251 cm³/mol. The molecular formula is C57H44N2. The Morgan fingerprint density at radius 1 is 0.424 bits per heavy atom. The molecule has 0 saturated carbocycles. The smallest absolute Gasteiger partial charge is 0.0619 e. The van der Waals surface area contributed by atoms with Gasteiger partial charge in [-0.3, -0.25) is 0 Å². The van der Waals surface area contributed by atoms with Crippen LogP contribution >= 0.6 is 0 Å². The first-order valence-corrected chi connectivity index (χ1v) is 20.7. The van der Waals surface area contributed by atoms with Crippen molar-refractivity contribution in [3.8, 4) is 39.1 Å². The van der Waals surface area contributed by atoms with E-state index in [4.69, 9.17) is 0 Å². The Morgan fingerprint density at radius 3 is 1.76 bits per heavy atom. The van der Waals surface area contributed by atoms with E-state index in [1.807, 2.05) is 0 Å². The highest BCUT2D eigenvalue weighted by molar-refractivity contribution is 6.14. The molecule has 1 aliphatic rings. The number of benzene rings is 9. The predicted octanol–water partition coefficient (Wildman–Crippen LogP) is 15.7. The Balaban J connectivity index is 1.12. The van der Waals surface area contributed by atoms with E-state index in [9.17, 15) is 0 Å². The number of para-hydroxylation sites is 1. The van der Waals surface area contributed by atoms with E-state index >= 15 is 0 Å². The van der Waals surface area contributed by atoms with Crippen molar-refractivity contribution in [3.05, 3.63) is 216 Å². The lowest BCUT2D eigenvalue weighted by atomic mass is 9.81. The zero-order valence-corrected chi connectivity index (χ0v) is 33.9. The molecule has 10 aromatic rings. The molecule has 59 heavy (non-hydrogen) atoms. The molecule has 0 N–H and O–H groups in total. The Morgan fingerprint density at radius 2 is 1.03 bits per heavy atom. The van der Waals surface area contributed by atoms with Crippen molar-refractivity contribution in [3.63, 3.8) is 0 Å². The lowest BCUT2D eigenvalue weighted by Crippen LogP contribution is -2.17. The number of fused-ring (bicyclic) bond motifs is 8. The quantitative estimate of drug-likeness (QED) is 0.164. The van der Waals surface area contributed by atoms with E-state index in [0.717, 1.165) is 11.4 Å². The summed E-state index contributed by atoms with van der Waals surface area (Å²) in [6.07, 6.45) is 0. The van der Waals surface area contributed by atoms with Gasteiger partial charge in [-0.1, -0.05) is 165 Å². The number of hydrogen-bond acceptors (Lipinski definition) is 1. The maximum atomic E-state index is 2.51. The van der Waals surface area contributed by atoms with Crippen LogP contribution in [0, 0.1) is 13.8 Å². The molecule has 0 aliphatic heterocycles. The maximum Gasteiger partial charge on any atom is 0.0619 e. The van der Waals surface area contributed by atoms with E-state index in [1.54, 1.807) is 0 Å². The van der Waals surface area contributed by atoms with E-state index < -0.39 is 0 Å². The largest absolute Gasteiger partial charge is 0.310 e. The Labute approximate surface area is 346 Å². The number of nitrogens with zero attached hydrogens (tertiary/aromatic N) is 2. The van der Waals surface area contributed by atoms with Gasteiger partial charge in [0.25, 0.3) is 0 Å². The highest BCUT2D eigenvalue weighted by atomic mass is 15.1. The van der Waals surface area contributed by atoms with Gasteiger partial charge in [-0.2, -0.15) is 0 Å². The molecule has 0 spiro atoms. The molecule has 0 atom stereocenters. The van der Waals surface area contributed by atoms with Crippen molar-refractivity contribution in [1.29, 1.82) is 0 Å². The summed E-state index contributed by atoms with van der Waals surface area (Å²) in [5.41, 5.74) is 19.6. The molecule has 0 radical (unpaired) electrons. The second-order valence-corrected chi connectivity index (χ2v) is 16.7. The molecule has 0 saturated heterocycles. The second kappa shape index (κ2) is 13.5. The molecule has 282 valence electrons. The maximum absolute atomic E-state index is 2.51. The summed E-state index contributed by atoms with van der Waals surface area (Å²) in [5.74, 6) is 0. The van der Waals surface area contributed by atoms with E-state index in [-0.39, 0.29) is 5.41 Å². The van der Waals surface area contributed by atoms with Crippen LogP contribution in [0.5, 0.6) is 0 Å². The summed E-state index contributed by atoms with van der Waals surface area (Å²) in [4.78, 5) is 2.45. The SMILES string of the molecule is Cc1ccc(N(c2ccc(-c3ccccc3)cc2)c2cc3c(c4ccccc24)-c2ccc(-n4c5ccc(C)cc5c5cccc(-c6ccccc6)c54)cc2C3(C)C)cc1. The van der Waals surface area contributed by atoms with Crippen LogP contribution < -0.4 is 4.90 Å². The highest BCUT2D eigenvalue weighted by Gasteiger charge is 2.38. The third-order valence-electron chi connectivity index (χ3n) is 12.7. The van der Waals surface area contributed by atoms with Crippen LogP contribution in [0.4, 0.5) is 17.1 Å². The van der Waals surface area contributed by atoms with Crippen LogP contribution in [0.2, 0.25) is 0 Å². The monoisotopic (exact) mass is 756 g/mol. The fourth-order valence-corrected chi connectivity index (χ4v) is 9.73. The van der Waals surface area contributed by atoms with Gasteiger partial charge in [0.2, 0.25) is 0 Å². The third-order valence-corrected chi connectivity index (χ3v) is 12.7. The van der Waals surface area contributed by atoms with Gasteiger partial charge in [0.1, 0.15) is 0 Å². The van der Waals surface area contributed by atoms with Crippen LogP contribution in [0.25, 0.3) is 71.6 Å². The van der Waals surface area contributed by atoms with Gasteiger partial charge in [-0.25, -0.2) is 0 Å². The van der Waals surface area contributed by atoms with Gasteiger partial charge in [0.15, 0.2) is 0 Å². The first-order chi connectivity index (χ1) is 28.8. The standard InChI is InChI=1S/C57H44N2/c1-37-22-27-42(28-23-37)58(43-29-25-40(26-30-43)39-14-7-5-8-15-39)54-36-52-55(47-19-12-11-18-46(47)54)49-32-31-44(35-51(49)57(52,3)4)59-53-33-24-38(2)34-50(53)48-21-13-20-45(56(48)59)41-16-9-6-10-17-41/h5-36H,1-4H3.